The van der Waals surface area contributed by atoms with Crippen molar-refractivity contribution in [3.05, 3.63) is 18.2 Å². The first-order valence-electron chi connectivity index (χ1n) is 4.75. The van der Waals surface area contributed by atoms with Gasteiger partial charge < -0.3 is 11.1 Å². The molecule has 0 bridgehead atoms. The van der Waals surface area contributed by atoms with Gasteiger partial charge in [0.2, 0.25) is 0 Å². The fourth-order valence-electron chi connectivity index (χ4n) is 1.48. The van der Waals surface area contributed by atoms with Gasteiger partial charge >= 0.3 is 0 Å². The quantitative estimate of drug-likeness (QED) is 0.741. The van der Waals surface area contributed by atoms with E-state index in [1.807, 2.05) is 12.1 Å². The Kier molecular flexibility index (Phi) is 2.08. The predicted molar refractivity (Wildman–Crippen MR) is 54.5 cm³/mol. The van der Waals surface area contributed by atoms with E-state index in [9.17, 15) is 0 Å². The van der Waals surface area contributed by atoms with E-state index in [2.05, 4.69) is 17.2 Å². The Bertz CT molecular complexity index is 294. The number of aromatic nitrogens is 1. The number of hydrogen-bond donors (Lipinski definition) is 2. The smallest absolute Gasteiger partial charge is 0.128 e. The molecule has 1 aromatic rings. The van der Waals surface area contributed by atoms with E-state index in [-0.39, 0.29) is 0 Å². The van der Waals surface area contributed by atoms with Crippen molar-refractivity contribution in [1.82, 2.24) is 4.98 Å². The van der Waals surface area contributed by atoms with E-state index in [1.165, 1.54) is 12.8 Å². The van der Waals surface area contributed by atoms with Crippen molar-refractivity contribution < 1.29 is 0 Å². The molecule has 13 heavy (non-hydrogen) atoms. The number of rotatable bonds is 3. The number of hydrogen-bond acceptors (Lipinski definition) is 3. The maximum absolute atomic E-state index is 5.57. The molecule has 0 aromatic carbocycles. The van der Waals surface area contributed by atoms with Gasteiger partial charge in [0.05, 0.1) is 0 Å². The highest BCUT2D eigenvalue weighted by Crippen LogP contribution is 2.33. The van der Waals surface area contributed by atoms with Crippen LogP contribution in [-0.2, 0) is 0 Å². The molecule has 0 spiro atoms. The molecular formula is C10H15N3. The van der Waals surface area contributed by atoms with Crippen LogP contribution in [-0.4, -0.2) is 11.0 Å². The summed E-state index contributed by atoms with van der Waals surface area (Å²) in [5, 5.41) is 3.35. The SMILES string of the molecule is CC(Nc1cccc(N)n1)C1CC1. The van der Waals surface area contributed by atoms with E-state index < -0.39 is 0 Å². The third-order valence-corrected chi connectivity index (χ3v) is 2.48. The second-order valence-corrected chi connectivity index (χ2v) is 3.72. The number of nitrogens with zero attached hydrogens (tertiary/aromatic N) is 1. The molecule has 1 aliphatic rings. The highest BCUT2D eigenvalue weighted by atomic mass is 15.0. The molecular weight excluding hydrogens is 162 g/mol. The Morgan fingerprint density at radius 3 is 2.92 bits per heavy atom. The van der Waals surface area contributed by atoms with Gasteiger partial charge in [-0.3, -0.25) is 0 Å². The van der Waals surface area contributed by atoms with Crippen molar-refractivity contribution >= 4 is 11.6 Å². The Hall–Kier alpha value is -1.25. The van der Waals surface area contributed by atoms with Crippen molar-refractivity contribution in [2.75, 3.05) is 11.1 Å². The van der Waals surface area contributed by atoms with Gasteiger partial charge in [-0.1, -0.05) is 6.07 Å². The van der Waals surface area contributed by atoms with Gasteiger partial charge in [0, 0.05) is 6.04 Å². The lowest BCUT2D eigenvalue weighted by Gasteiger charge is -2.13. The average Bonchev–Trinajstić information content (AvgIpc) is 2.85. The molecule has 3 N–H and O–H groups in total. The lowest BCUT2D eigenvalue weighted by Crippen LogP contribution is -2.18. The molecule has 1 unspecified atom stereocenters. The summed E-state index contributed by atoms with van der Waals surface area (Å²) in [4.78, 5) is 4.19. The Morgan fingerprint density at radius 2 is 2.31 bits per heavy atom. The summed E-state index contributed by atoms with van der Waals surface area (Å²) in [7, 11) is 0. The van der Waals surface area contributed by atoms with E-state index in [0.29, 0.717) is 11.9 Å². The molecule has 1 fully saturated rings. The third kappa shape index (κ3) is 2.11. The van der Waals surface area contributed by atoms with Crippen LogP contribution in [0.3, 0.4) is 0 Å². The van der Waals surface area contributed by atoms with Gasteiger partial charge in [0.1, 0.15) is 11.6 Å². The standard InChI is InChI=1S/C10H15N3/c1-7(8-5-6-8)12-10-4-2-3-9(11)13-10/h2-4,7-8H,5-6H2,1H3,(H3,11,12,13). The van der Waals surface area contributed by atoms with Crippen molar-refractivity contribution in [3.8, 4) is 0 Å². The van der Waals surface area contributed by atoms with Gasteiger partial charge in [-0.25, -0.2) is 4.98 Å². The minimum atomic E-state index is 0.523. The first-order chi connectivity index (χ1) is 6.25. The molecule has 3 heteroatoms. The molecule has 0 amide bonds. The van der Waals surface area contributed by atoms with Crippen LogP contribution >= 0.6 is 0 Å². The van der Waals surface area contributed by atoms with Crippen molar-refractivity contribution in [1.29, 1.82) is 0 Å². The number of nitrogens with one attached hydrogen (secondary N) is 1. The first kappa shape index (κ1) is 8.35. The molecule has 0 saturated heterocycles. The van der Waals surface area contributed by atoms with E-state index in [0.717, 1.165) is 11.7 Å². The van der Waals surface area contributed by atoms with Crippen molar-refractivity contribution in [2.45, 2.75) is 25.8 Å². The number of anilines is 2. The highest BCUT2D eigenvalue weighted by molar-refractivity contribution is 5.42. The third-order valence-electron chi connectivity index (χ3n) is 2.48. The van der Waals surface area contributed by atoms with Crippen LogP contribution in [0.1, 0.15) is 19.8 Å². The van der Waals surface area contributed by atoms with Crippen LogP contribution in [0.5, 0.6) is 0 Å². The zero-order chi connectivity index (χ0) is 9.26. The Labute approximate surface area is 78.4 Å². The topological polar surface area (TPSA) is 50.9 Å². The van der Waals surface area contributed by atoms with Gasteiger partial charge in [-0.2, -0.15) is 0 Å². The Morgan fingerprint density at radius 1 is 1.54 bits per heavy atom. The zero-order valence-electron chi connectivity index (χ0n) is 7.83. The summed E-state index contributed by atoms with van der Waals surface area (Å²) in [6, 6.07) is 6.20. The second kappa shape index (κ2) is 3.24. The molecule has 2 rings (SSSR count). The van der Waals surface area contributed by atoms with Gasteiger partial charge in [0.15, 0.2) is 0 Å². The molecule has 0 aliphatic heterocycles. The molecule has 1 atom stereocenters. The molecule has 1 aliphatic carbocycles. The average molecular weight is 177 g/mol. The second-order valence-electron chi connectivity index (χ2n) is 3.72. The fourth-order valence-corrected chi connectivity index (χ4v) is 1.48. The zero-order valence-corrected chi connectivity index (χ0v) is 7.83. The number of nitrogens with two attached hydrogens (primary N) is 1. The van der Waals surface area contributed by atoms with Crippen LogP contribution in [0.25, 0.3) is 0 Å². The lowest BCUT2D eigenvalue weighted by atomic mass is 10.2. The predicted octanol–water partition coefficient (Wildman–Crippen LogP) is 1.87. The van der Waals surface area contributed by atoms with Crippen LogP contribution in [0.4, 0.5) is 11.6 Å². The molecule has 1 heterocycles. The summed E-state index contributed by atoms with van der Waals surface area (Å²) in [6.07, 6.45) is 2.69. The van der Waals surface area contributed by atoms with E-state index >= 15 is 0 Å². The molecule has 3 nitrogen and oxygen atoms in total. The largest absolute Gasteiger partial charge is 0.384 e. The van der Waals surface area contributed by atoms with Crippen LogP contribution in [0.2, 0.25) is 0 Å². The Balaban J connectivity index is 2.00. The number of pyridine rings is 1. The van der Waals surface area contributed by atoms with Crippen molar-refractivity contribution in [3.63, 3.8) is 0 Å². The first-order valence-corrected chi connectivity index (χ1v) is 4.75. The molecule has 1 aromatic heterocycles. The van der Waals surface area contributed by atoms with Gasteiger partial charge in [-0.15, -0.1) is 0 Å². The van der Waals surface area contributed by atoms with E-state index in [4.69, 9.17) is 5.73 Å². The summed E-state index contributed by atoms with van der Waals surface area (Å²) >= 11 is 0. The van der Waals surface area contributed by atoms with Crippen LogP contribution in [0, 0.1) is 5.92 Å². The highest BCUT2D eigenvalue weighted by Gasteiger charge is 2.27. The summed E-state index contributed by atoms with van der Waals surface area (Å²) in [5.41, 5.74) is 5.57. The number of nitrogen functional groups attached to an aromatic ring is 1. The summed E-state index contributed by atoms with van der Waals surface area (Å²) in [6.45, 7) is 2.20. The molecule has 0 radical (unpaired) electrons. The summed E-state index contributed by atoms with van der Waals surface area (Å²) < 4.78 is 0. The maximum atomic E-state index is 5.57. The monoisotopic (exact) mass is 177 g/mol. The normalized spacial score (nSPS) is 18.2. The van der Waals surface area contributed by atoms with Crippen molar-refractivity contribution in [2.24, 2.45) is 5.92 Å². The van der Waals surface area contributed by atoms with Crippen LogP contribution in [0.15, 0.2) is 18.2 Å². The summed E-state index contributed by atoms with van der Waals surface area (Å²) in [5.74, 6) is 2.30. The van der Waals surface area contributed by atoms with E-state index in [1.54, 1.807) is 6.07 Å². The fraction of sp³-hybridized carbons (Fsp3) is 0.500. The van der Waals surface area contributed by atoms with Crippen LogP contribution < -0.4 is 11.1 Å². The minimum absolute atomic E-state index is 0.523. The van der Waals surface area contributed by atoms with Gasteiger partial charge in [0.25, 0.3) is 0 Å². The molecule has 70 valence electrons. The maximum Gasteiger partial charge on any atom is 0.128 e. The lowest BCUT2D eigenvalue weighted by molar-refractivity contribution is 0.691. The van der Waals surface area contributed by atoms with Gasteiger partial charge in [-0.05, 0) is 37.8 Å². The molecule has 1 saturated carbocycles. The minimum Gasteiger partial charge on any atom is -0.384 e.